The van der Waals surface area contributed by atoms with Crippen molar-refractivity contribution in [1.82, 2.24) is 9.55 Å². The Bertz CT molecular complexity index is 282. The lowest BCUT2D eigenvalue weighted by Crippen LogP contribution is -2.29. The Hall–Kier alpha value is -0.790. The molecule has 0 aliphatic heterocycles. The summed E-state index contributed by atoms with van der Waals surface area (Å²) in [6.45, 7) is 6.69. The molecule has 1 aromatic rings. The van der Waals surface area contributed by atoms with Crippen molar-refractivity contribution < 1.29 is 0 Å². The lowest BCUT2D eigenvalue weighted by molar-refractivity contribution is 0.147. The van der Waals surface area contributed by atoms with E-state index in [-0.39, 0.29) is 0 Å². The average Bonchev–Trinajstić information content (AvgIpc) is 2.31. The molecule has 1 fully saturated rings. The van der Waals surface area contributed by atoms with Crippen LogP contribution in [0.15, 0.2) is 12.5 Å². The second-order valence-corrected chi connectivity index (χ2v) is 4.59. The van der Waals surface area contributed by atoms with Crippen LogP contribution in [-0.2, 0) is 0 Å². The third-order valence-electron chi connectivity index (χ3n) is 3.24. The van der Waals surface area contributed by atoms with Crippen LogP contribution in [0.25, 0.3) is 0 Å². The molecular formula is C11H18N2. The summed E-state index contributed by atoms with van der Waals surface area (Å²) in [5, 5.41) is 0. The van der Waals surface area contributed by atoms with Crippen LogP contribution >= 0.6 is 0 Å². The minimum atomic E-state index is 0.730. The van der Waals surface area contributed by atoms with Crippen molar-refractivity contribution in [3.63, 3.8) is 0 Å². The predicted octanol–water partition coefficient (Wildman–Crippen LogP) is 2.80. The van der Waals surface area contributed by atoms with Gasteiger partial charge in [-0.05, 0) is 31.6 Å². The molecule has 0 N–H and O–H groups in total. The van der Waals surface area contributed by atoms with Crippen LogP contribution in [0.3, 0.4) is 0 Å². The van der Waals surface area contributed by atoms with Crippen molar-refractivity contribution >= 4 is 0 Å². The van der Waals surface area contributed by atoms with Crippen molar-refractivity contribution in [3.8, 4) is 0 Å². The molecule has 1 aromatic heterocycles. The summed E-state index contributed by atoms with van der Waals surface area (Å²) in [6, 6.07) is 0.730. The van der Waals surface area contributed by atoms with Gasteiger partial charge in [-0.15, -0.1) is 0 Å². The molecule has 0 aromatic carbocycles. The van der Waals surface area contributed by atoms with Gasteiger partial charge in [-0.1, -0.05) is 13.8 Å². The minimum Gasteiger partial charge on any atom is -0.334 e. The zero-order valence-corrected chi connectivity index (χ0v) is 8.70. The molecule has 0 bridgehead atoms. The summed E-state index contributed by atoms with van der Waals surface area (Å²) in [5.74, 6) is 1.79. The number of hydrogen-bond donors (Lipinski definition) is 0. The highest BCUT2D eigenvalue weighted by atomic mass is 15.1. The van der Waals surface area contributed by atoms with E-state index >= 15 is 0 Å². The van der Waals surface area contributed by atoms with E-state index in [0.29, 0.717) is 0 Å². The Morgan fingerprint density at radius 3 is 2.62 bits per heavy atom. The van der Waals surface area contributed by atoms with E-state index in [1.807, 2.05) is 6.33 Å². The van der Waals surface area contributed by atoms with E-state index in [1.165, 1.54) is 12.8 Å². The maximum atomic E-state index is 4.25. The number of aryl methyl sites for hydroxylation is 1. The summed E-state index contributed by atoms with van der Waals surface area (Å²) in [4.78, 5) is 4.25. The van der Waals surface area contributed by atoms with E-state index in [0.717, 1.165) is 23.6 Å². The quantitative estimate of drug-likeness (QED) is 0.681. The van der Waals surface area contributed by atoms with Gasteiger partial charge in [0, 0.05) is 12.2 Å². The summed E-state index contributed by atoms with van der Waals surface area (Å²) >= 11 is 0. The molecule has 2 heteroatoms. The van der Waals surface area contributed by atoms with Crippen molar-refractivity contribution in [2.24, 2.45) is 11.8 Å². The third kappa shape index (κ3) is 1.62. The second kappa shape index (κ2) is 3.17. The fourth-order valence-electron chi connectivity index (χ4n) is 2.06. The lowest BCUT2D eigenvalue weighted by atomic mass is 9.73. The minimum absolute atomic E-state index is 0.730. The van der Waals surface area contributed by atoms with E-state index in [2.05, 4.69) is 36.5 Å². The average molecular weight is 178 g/mol. The zero-order chi connectivity index (χ0) is 9.42. The zero-order valence-electron chi connectivity index (χ0n) is 8.70. The topological polar surface area (TPSA) is 17.8 Å². The Balaban J connectivity index is 1.93. The smallest absolute Gasteiger partial charge is 0.0951 e. The number of nitrogens with zero attached hydrogens (tertiary/aromatic N) is 2. The van der Waals surface area contributed by atoms with Crippen LogP contribution in [-0.4, -0.2) is 9.55 Å². The number of hydrogen-bond acceptors (Lipinski definition) is 1. The van der Waals surface area contributed by atoms with Crippen LogP contribution in [0.2, 0.25) is 0 Å². The molecule has 2 nitrogen and oxygen atoms in total. The number of aromatic nitrogens is 2. The standard InChI is InChI=1S/C11H18N2/c1-8(2)10-4-11(5-10)13-6-9(3)12-7-13/h6-8,10-11H,4-5H2,1-3H3. The number of rotatable bonds is 2. The molecular weight excluding hydrogens is 160 g/mol. The van der Waals surface area contributed by atoms with Crippen LogP contribution in [0, 0.1) is 18.8 Å². The van der Waals surface area contributed by atoms with E-state index in [9.17, 15) is 0 Å². The highest BCUT2D eigenvalue weighted by Gasteiger charge is 2.31. The molecule has 1 aliphatic carbocycles. The first-order chi connectivity index (χ1) is 6.16. The van der Waals surface area contributed by atoms with Gasteiger partial charge in [0.05, 0.1) is 12.0 Å². The first-order valence-corrected chi connectivity index (χ1v) is 5.17. The first kappa shape index (κ1) is 8.79. The van der Waals surface area contributed by atoms with Gasteiger partial charge in [-0.3, -0.25) is 0 Å². The Labute approximate surface area is 80.0 Å². The summed E-state index contributed by atoms with van der Waals surface area (Å²) in [6.07, 6.45) is 6.80. The second-order valence-electron chi connectivity index (χ2n) is 4.59. The van der Waals surface area contributed by atoms with Crippen LogP contribution in [0.1, 0.15) is 38.4 Å². The van der Waals surface area contributed by atoms with Crippen molar-refractivity contribution in [1.29, 1.82) is 0 Å². The van der Waals surface area contributed by atoms with E-state index in [1.54, 1.807) is 0 Å². The van der Waals surface area contributed by atoms with E-state index in [4.69, 9.17) is 0 Å². The SMILES string of the molecule is Cc1cn(C2CC(C(C)C)C2)cn1. The maximum Gasteiger partial charge on any atom is 0.0951 e. The van der Waals surface area contributed by atoms with Gasteiger partial charge in [0.15, 0.2) is 0 Å². The molecule has 0 atom stereocenters. The molecule has 0 saturated heterocycles. The van der Waals surface area contributed by atoms with Crippen molar-refractivity contribution in [2.75, 3.05) is 0 Å². The van der Waals surface area contributed by atoms with Gasteiger partial charge in [0.2, 0.25) is 0 Å². The number of imidazole rings is 1. The molecule has 1 heterocycles. The predicted molar refractivity (Wildman–Crippen MR) is 53.6 cm³/mol. The summed E-state index contributed by atoms with van der Waals surface area (Å²) < 4.78 is 2.27. The van der Waals surface area contributed by atoms with Crippen molar-refractivity contribution in [2.45, 2.75) is 39.7 Å². The molecule has 72 valence electrons. The van der Waals surface area contributed by atoms with Crippen LogP contribution in [0.4, 0.5) is 0 Å². The molecule has 13 heavy (non-hydrogen) atoms. The van der Waals surface area contributed by atoms with Crippen LogP contribution in [0.5, 0.6) is 0 Å². The molecule has 0 unspecified atom stereocenters. The molecule has 2 rings (SSSR count). The first-order valence-electron chi connectivity index (χ1n) is 5.17. The monoisotopic (exact) mass is 178 g/mol. The normalized spacial score (nSPS) is 27.7. The van der Waals surface area contributed by atoms with Gasteiger partial charge in [0.25, 0.3) is 0 Å². The Morgan fingerprint density at radius 1 is 1.46 bits per heavy atom. The molecule has 0 radical (unpaired) electrons. The van der Waals surface area contributed by atoms with Gasteiger partial charge >= 0.3 is 0 Å². The third-order valence-corrected chi connectivity index (χ3v) is 3.24. The van der Waals surface area contributed by atoms with Gasteiger partial charge in [0.1, 0.15) is 0 Å². The fraction of sp³-hybridized carbons (Fsp3) is 0.727. The lowest BCUT2D eigenvalue weighted by Gasteiger charge is -2.38. The fourth-order valence-corrected chi connectivity index (χ4v) is 2.06. The molecule has 0 amide bonds. The largest absolute Gasteiger partial charge is 0.334 e. The van der Waals surface area contributed by atoms with Gasteiger partial charge < -0.3 is 4.57 Å². The molecule has 1 saturated carbocycles. The van der Waals surface area contributed by atoms with Crippen molar-refractivity contribution in [3.05, 3.63) is 18.2 Å². The molecule has 1 aliphatic rings. The molecule has 0 spiro atoms. The van der Waals surface area contributed by atoms with Gasteiger partial charge in [-0.2, -0.15) is 0 Å². The highest BCUT2D eigenvalue weighted by molar-refractivity contribution is 4.97. The van der Waals surface area contributed by atoms with Gasteiger partial charge in [-0.25, -0.2) is 4.98 Å². The maximum absolute atomic E-state index is 4.25. The highest BCUT2D eigenvalue weighted by Crippen LogP contribution is 2.41. The summed E-state index contributed by atoms with van der Waals surface area (Å²) in [5.41, 5.74) is 1.13. The Morgan fingerprint density at radius 2 is 2.15 bits per heavy atom. The van der Waals surface area contributed by atoms with Crippen LogP contribution < -0.4 is 0 Å². The summed E-state index contributed by atoms with van der Waals surface area (Å²) in [7, 11) is 0. The van der Waals surface area contributed by atoms with E-state index < -0.39 is 0 Å². The Kier molecular flexibility index (Phi) is 2.14.